The van der Waals surface area contributed by atoms with Crippen molar-refractivity contribution >= 4 is 22.4 Å². The Labute approximate surface area is 101 Å². The summed E-state index contributed by atoms with van der Waals surface area (Å²) in [6.45, 7) is 2.01. The zero-order valence-electron chi connectivity index (χ0n) is 9.53. The molecule has 0 saturated carbocycles. The normalized spacial score (nSPS) is 12.7. The molecular weight excluding hydrogens is 220 g/mol. The first-order valence-electron chi connectivity index (χ1n) is 5.40. The summed E-state index contributed by atoms with van der Waals surface area (Å²) in [5.41, 5.74) is 1.28. The van der Waals surface area contributed by atoms with Gasteiger partial charge in [0, 0.05) is 5.38 Å². The van der Waals surface area contributed by atoms with Crippen LogP contribution in [-0.2, 0) is 6.42 Å². The summed E-state index contributed by atoms with van der Waals surface area (Å²) in [6, 6.07) is 12.5. The Balaban J connectivity index is 2.39. The van der Waals surface area contributed by atoms with Crippen LogP contribution in [0.2, 0.25) is 0 Å². The van der Waals surface area contributed by atoms with Crippen molar-refractivity contribution in [1.29, 1.82) is 0 Å². The largest absolute Gasteiger partial charge is 0.497 e. The molecule has 2 aromatic carbocycles. The number of hydrogen-bond donors (Lipinski definition) is 0. The number of rotatable bonds is 3. The predicted octanol–water partition coefficient (Wildman–Crippen LogP) is 4.02. The van der Waals surface area contributed by atoms with Crippen molar-refractivity contribution < 1.29 is 4.74 Å². The molecule has 0 spiro atoms. The van der Waals surface area contributed by atoms with Crippen LogP contribution in [0.15, 0.2) is 36.4 Å². The summed E-state index contributed by atoms with van der Waals surface area (Å²) in [5, 5.41) is 2.61. The third kappa shape index (κ3) is 2.48. The minimum Gasteiger partial charge on any atom is -0.497 e. The molecule has 1 atom stereocenters. The summed E-state index contributed by atoms with van der Waals surface area (Å²) in [4.78, 5) is 0. The van der Waals surface area contributed by atoms with Crippen molar-refractivity contribution in [2.24, 2.45) is 0 Å². The van der Waals surface area contributed by atoms with Crippen molar-refractivity contribution in [1.82, 2.24) is 0 Å². The van der Waals surface area contributed by atoms with Crippen LogP contribution in [0.4, 0.5) is 0 Å². The van der Waals surface area contributed by atoms with Crippen LogP contribution in [-0.4, -0.2) is 12.5 Å². The van der Waals surface area contributed by atoms with E-state index in [1.807, 2.05) is 19.1 Å². The van der Waals surface area contributed by atoms with E-state index in [9.17, 15) is 0 Å². The molecule has 0 bridgehead atoms. The molecular formula is C14H15ClO. The number of halogens is 1. The van der Waals surface area contributed by atoms with Crippen molar-refractivity contribution in [3.63, 3.8) is 0 Å². The fourth-order valence-corrected chi connectivity index (χ4v) is 2.03. The lowest BCUT2D eigenvalue weighted by atomic mass is 10.0. The van der Waals surface area contributed by atoms with E-state index in [0.717, 1.165) is 12.2 Å². The number of fused-ring (bicyclic) bond motifs is 1. The van der Waals surface area contributed by atoms with Crippen molar-refractivity contribution in [3.8, 4) is 5.75 Å². The van der Waals surface area contributed by atoms with Crippen molar-refractivity contribution in [2.75, 3.05) is 7.11 Å². The van der Waals surface area contributed by atoms with E-state index < -0.39 is 0 Å². The second-order valence-corrected chi connectivity index (χ2v) is 4.78. The molecule has 0 N–H and O–H groups in total. The summed E-state index contributed by atoms with van der Waals surface area (Å²) in [5.74, 6) is 0.894. The average molecular weight is 235 g/mol. The Bertz CT molecular complexity index is 491. The van der Waals surface area contributed by atoms with E-state index in [1.165, 1.54) is 16.3 Å². The second kappa shape index (κ2) is 4.75. The SMILES string of the molecule is COc1ccc2cc(CC(C)Cl)ccc2c1. The first kappa shape index (κ1) is 11.3. The smallest absolute Gasteiger partial charge is 0.119 e. The van der Waals surface area contributed by atoms with Gasteiger partial charge in [0.1, 0.15) is 5.75 Å². The molecule has 1 nitrogen and oxygen atoms in total. The molecule has 0 heterocycles. The fourth-order valence-electron chi connectivity index (χ4n) is 1.85. The fraction of sp³-hybridized carbons (Fsp3) is 0.286. The molecule has 0 amide bonds. The molecule has 0 aliphatic carbocycles. The summed E-state index contributed by atoms with van der Waals surface area (Å²) in [7, 11) is 1.69. The van der Waals surface area contributed by atoms with Gasteiger partial charge in [-0.1, -0.05) is 24.3 Å². The maximum Gasteiger partial charge on any atom is 0.119 e. The first-order chi connectivity index (χ1) is 7.69. The lowest BCUT2D eigenvalue weighted by molar-refractivity contribution is 0.415. The highest BCUT2D eigenvalue weighted by Crippen LogP contribution is 2.22. The minimum atomic E-state index is 0.177. The predicted molar refractivity (Wildman–Crippen MR) is 69.5 cm³/mol. The Morgan fingerprint density at radius 3 is 2.50 bits per heavy atom. The van der Waals surface area contributed by atoms with Crippen LogP contribution in [0, 0.1) is 0 Å². The Morgan fingerprint density at radius 2 is 1.81 bits per heavy atom. The van der Waals surface area contributed by atoms with E-state index in [-0.39, 0.29) is 5.38 Å². The Kier molecular flexibility index (Phi) is 3.35. The van der Waals surface area contributed by atoms with Crippen LogP contribution < -0.4 is 4.74 Å². The number of methoxy groups -OCH3 is 1. The third-order valence-electron chi connectivity index (χ3n) is 2.63. The minimum absolute atomic E-state index is 0.177. The van der Waals surface area contributed by atoms with Crippen LogP contribution in [0.25, 0.3) is 10.8 Å². The average Bonchev–Trinajstić information content (AvgIpc) is 2.27. The molecule has 2 aromatic rings. The summed E-state index contributed by atoms with van der Waals surface area (Å²) in [6.07, 6.45) is 0.906. The lowest BCUT2D eigenvalue weighted by Gasteiger charge is -2.06. The monoisotopic (exact) mass is 234 g/mol. The standard InChI is InChI=1S/C14H15ClO/c1-10(15)7-11-3-4-13-9-14(16-2)6-5-12(13)8-11/h3-6,8-10H,7H2,1-2H3. The van der Waals surface area contributed by atoms with Gasteiger partial charge in [0.2, 0.25) is 0 Å². The molecule has 0 fully saturated rings. The van der Waals surface area contributed by atoms with Gasteiger partial charge in [-0.15, -0.1) is 11.6 Å². The second-order valence-electron chi connectivity index (χ2n) is 4.03. The number of hydrogen-bond acceptors (Lipinski definition) is 1. The highest BCUT2D eigenvalue weighted by molar-refractivity contribution is 6.20. The first-order valence-corrected chi connectivity index (χ1v) is 5.83. The van der Waals surface area contributed by atoms with Gasteiger partial charge in [-0.05, 0) is 41.8 Å². The quantitative estimate of drug-likeness (QED) is 0.729. The van der Waals surface area contributed by atoms with Crippen LogP contribution in [0.1, 0.15) is 12.5 Å². The van der Waals surface area contributed by atoms with Gasteiger partial charge in [-0.3, -0.25) is 0 Å². The van der Waals surface area contributed by atoms with Gasteiger partial charge in [-0.2, -0.15) is 0 Å². The third-order valence-corrected chi connectivity index (χ3v) is 2.78. The molecule has 16 heavy (non-hydrogen) atoms. The Hall–Kier alpha value is -1.21. The highest BCUT2D eigenvalue weighted by atomic mass is 35.5. The van der Waals surface area contributed by atoms with Crippen LogP contribution in [0.5, 0.6) is 5.75 Å². The van der Waals surface area contributed by atoms with Crippen molar-refractivity contribution in [2.45, 2.75) is 18.7 Å². The molecule has 0 aliphatic heterocycles. The molecule has 1 unspecified atom stereocenters. The summed E-state index contributed by atoms with van der Waals surface area (Å²) >= 11 is 5.99. The maximum atomic E-state index is 5.99. The van der Waals surface area contributed by atoms with E-state index in [2.05, 4.69) is 24.3 Å². The highest BCUT2D eigenvalue weighted by Gasteiger charge is 2.01. The summed E-state index contributed by atoms with van der Waals surface area (Å²) < 4.78 is 5.20. The molecule has 2 heteroatoms. The molecule has 0 saturated heterocycles. The number of ether oxygens (including phenoxy) is 1. The lowest BCUT2D eigenvalue weighted by Crippen LogP contribution is -1.96. The van der Waals surface area contributed by atoms with Crippen molar-refractivity contribution in [3.05, 3.63) is 42.0 Å². The van der Waals surface area contributed by atoms with Gasteiger partial charge in [0.25, 0.3) is 0 Å². The zero-order chi connectivity index (χ0) is 11.5. The molecule has 0 aromatic heterocycles. The Morgan fingerprint density at radius 1 is 1.12 bits per heavy atom. The maximum absolute atomic E-state index is 5.99. The topological polar surface area (TPSA) is 9.23 Å². The molecule has 0 radical (unpaired) electrons. The van der Waals surface area contributed by atoms with E-state index in [1.54, 1.807) is 7.11 Å². The van der Waals surface area contributed by atoms with E-state index in [0.29, 0.717) is 0 Å². The van der Waals surface area contributed by atoms with Crippen LogP contribution >= 0.6 is 11.6 Å². The molecule has 0 aliphatic rings. The van der Waals surface area contributed by atoms with Crippen LogP contribution in [0.3, 0.4) is 0 Å². The van der Waals surface area contributed by atoms with Gasteiger partial charge in [0.15, 0.2) is 0 Å². The van der Waals surface area contributed by atoms with E-state index in [4.69, 9.17) is 16.3 Å². The zero-order valence-corrected chi connectivity index (χ0v) is 10.3. The molecule has 2 rings (SSSR count). The van der Waals surface area contributed by atoms with Gasteiger partial charge in [-0.25, -0.2) is 0 Å². The van der Waals surface area contributed by atoms with Gasteiger partial charge in [0.05, 0.1) is 7.11 Å². The number of alkyl halides is 1. The molecule has 84 valence electrons. The van der Waals surface area contributed by atoms with E-state index >= 15 is 0 Å². The number of benzene rings is 2. The van der Waals surface area contributed by atoms with Gasteiger partial charge < -0.3 is 4.74 Å². The van der Waals surface area contributed by atoms with Gasteiger partial charge >= 0.3 is 0 Å².